The van der Waals surface area contributed by atoms with Crippen LogP contribution in [0.3, 0.4) is 0 Å². The van der Waals surface area contributed by atoms with Crippen LogP contribution in [0.2, 0.25) is 0 Å². The molecule has 1 rings (SSSR count). The summed E-state index contributed by atoms with van der Waals surface area (Å²) in [7, 11) is 0. The van der Waals surface area contributed by atoms with Crippen molar-refractivity contribution < 1.29 is 4.39 Å². The highest BCUT2D eigenvalue weighted by atomic mass is 79.9. The van der Waals surface area contributed by atoms with Gasteiger partial charge in [0.25, 0.3) is 0 Å². The van der Waals surface area contributed by atoms with E-state index in [4.69, 9.17) is 5.73 Å². The lowest BCUT2D eigenvalue weighted by atomic mass is 10.2. The second kappa shape index (κ2) is 4.21. The molecule has 0 saturated heterocycles. The third-order valence-electron chi connectivity index (χ3n) is 1.29. The zero-order chi connectivity index (χ0) is 8.97. The molecule has 12 heavy (non-hydrogen) atoms. The van der Waals surface area contributed by atoms with Crippen LogP contribution in [0.1, 0.15) is 5.56 Å². The van der Waals surface area contributed by atoms with Crippen LogP contribution in [-0.4, -0.2) is 10.3 Å². The zero-order valence-corrected chi connectivity index (χ0v) is 7.88. The van der Waals surface area contributed by atoms with E-state index in [1.807, 2.05) is 6.08 Å². The summed E-state index contributed by atoms with van der Waals surface area (Å²) in [4.78, 5) is 3.67. The van der Waals surface area contributed by atoms with Gasteiger partial charge in [-0.3, -0.25) is 0 Å². The van der Waals surface area contributed by atoms with Crippen molar-refractivity contribution in [3.63, 3.8) is 0 Å². The van der Waals surface area contributed by atoms with Gasteiger partial charge in [-0.1, -0.05) is 28.1 Å². The highest BCUT2D eigenvalue weighted by Crippen LogP contribution is 2.09. The van der Waals surface area contributed by atoms with Crippen molar-refractivity contribution in [3.8, 4) is 0 Å². The minimum absolute atomic E-state index is 0.0639. The molecule has 4 heteroatoms. The summed E-state index contributed by atoms with van der Waals surface area (Å²) in [6.45, 7) is 0. The number of rotatable bonds is 2. The predicted molar refractivity (Wildman–Crippen MR) is 51.4 cm³/mol. The average molecular weight is 231 g/mol. The van der Waals surface area contributed by atoms with E-state index in [1.165, 1.54) is 12.3 Å². The molecule has 1 aromatic heterocycles. The maximum Gasteiger partial charge on any atom is 0.165 e. The molecule has 1 heterocycles. The van der Waals surface area contributed by atoms with Crippen LogP contribution in [0.4, 0.5) is 10.2 Å². The molecule has 0 atom stereocenters. The number of nitrogen functional groups attached to an aromatic ring is 1. The SMILES string of the molecule is Nc1ncc(C=CCBr)cc1F. The molecule has 2 N–H and O–H groups in total. The zero-order valence-electron chi connectivity index (χ0n) is 6.30. The molecule has 0 radical (unpaired) electrons. The van der Waals surface area contributed by atoms with E-state index in [1.54, 1.807) is 6.08 Å². The number of halogens is 2. The first-order chi connectivity index (χ1) is 5.74. The monoisotopic (exact) mass is 230 g/mol. The summed E-state index contributed by atoms with van der Waals surface area (Å²) in [5, 5.41) is 0.735. The highest BCUT2D eigenvalue weighted by molar-refractivity contribution is 9.09. The first kappa shape index (κ1) is 9.19. The van der Waals surface area contributed by atoms with E-state index >= 15 is 0 Å². The van der Waals surface area contributed by atoms with E-state index in [-0.39, 0.29) is 5.82 Å². The standard InChI is InChI=1S/C8H8BrFN2/c9-3-1-2-6-4-7(10)8(11)12-5-6/h1-2,4-5H,3H2,(H2,11,12). The van der Waals surface area contributed by atoms with Crippen LogP contribution in [0, 0.1) is 5.82 Å². The maximum atomic E-state index is 12.8. The molecule has 0 bridgehead atoms. The fourth-order valence-corrected chi connectivity index (χ4v) is 0.922. The molecule has 0 saturated carbocycles. The summed E-state index contributed by atoms with van der Waals surface area (Å²) in [5.41, 5.74) is 5.91. The molecule has 2 nitrogen and oxygen atoms in total. The molecule has 0 unspecified atom stereocenters. The van der Waals surface area contributed by atoms with E-state index in [2.05, 4.69) is 20.9 Å². The third kappa shape index (κ3) is 2.30. The third-order valence-corrected chi connectivity index (χ3v) is 1.66. The van der Waals surface area contributed by atoms with Gasteiger partial charge in [0.1, 0.15) is 0 Å². The first-order valence-corrected chi connectivity index (χ1v) is 4.49. The van der Waals surface area contributed by atoms with Gasteiger partial charge in [-0.05, 0) is 11.6 Å². The molecular formula is C8H8BrFN2. The lowest BCUT2D eigenvalue weighted by Crippen LogP contribution is -1.94. The van der Waals surface area contributed by atoms with Crippen molar-refractivity contribution in [2.45, 2.75) is 0 Å². The Bertz CT molecular complexity index is 299. The summed E-state index contributed by atoms with van der Waals surface area (Å²) in [6.07, 6.45) is 5.15. The van der Waals surface area contributed by atoms with Gasteiger partial charge in [0, 0.05) is 11.5 Å². The van der Waals surface area contributed by atoms with Crippen LogP contribution in [-0.2, 0) is 0 Å². The van der Waals surface area contributed by atoms with Crippen LogP contribution in [0.25, 0.3) is 6.08 Å². The van der Waals surface area contributed by atoms with E-state index < -0.39 is 5.82 Å². The first-order valence-electron chi connectivity index (χ1n) is 3.37. The van der Waals surface area contributed by atoms with Crippen molar-refractivity contribution in [2.24, 2.45) is 0 Å². The van der Waals surface area contributed by atoms with Crippen LogP contribution in [0.5, 0.6) is 0 Å². The normalized spacial score (nSPS) is 10.8. The number of pyridine rings is 1. The number of aromatic nitrogens is 1. The Morgan fingerprint density at radius 3 is 3.00 bits per heavy atom. The lowest BCUT2D eigenvalue weighted by molar-refractivity contribution is 0.627. The maximum absolute atomic E-state index is 12.8. The van der Waals surface area contributed by atoms with Gasteiger partial charge < -0.3 is 5.73 Å². The van der Waals surface area contributed by atoms with Gasteiger partial charge in [0.15, 0.2) is 11.6 Å². The van der Waals surface area contributed by atoms with Gasteiger partial charge in [0.2, 0.25) is 0 Å². The summed E-state index contributed by atoms with van der Waals surface area (Å²) in [6, 6.07) is 1.35. The van der Waals surface area contributed by atoms with Gasteiger partial charge in [-0.25, -0.2) is 9.37 Å². The molecule has 1 aromatic rings. The quantitative estimate of drug-likeness (QED) is 0.792. The predicted octanol–water partition coefficient (Wildman–Crippen LogP) is 2.21. The number of nitrogens with two attached hydrogens (primary N) is 1. The van der Waals surface area contributed by atoms with Crippen molar-refractivity contribution in [1.29, 1.82) is 0 Å². The molecule has 0 aromatic carbocycles. The van der Waals surface area contributed by atoms with Gasteiger partial charge in [-0.15, -0.1) is 0 Å². The van der Waals surface area contributed by atoms with Crippen molar-refractivity contribution in [1.82, 2.24) is 4.98 Å². The van der Waals surface area contributed by atoms with Crippen LogP contribution in [0.15, 0.2) is 18.3 Å². The lowest BCUT2D eigenvalue weighted by Gasteiger charge is -1.95. The Morgan fingerprint density at radius 1 is 1.67 bits per heavy atom. The van der Waals surface area contributed by atoms with Crippen molar-refractivity contribution in [2.75, 3.05) is 11.1 Å². The molecule has 64 valence electrons. The van der Waals surface area contributed by atoms with Gasteiger partial charge >= 0.3 is 0 Å². The number of anilines is 1. The number of allylic oxidation sites excluding steroid dienone is 1. The van der Waals surface area contributed by atoms with Crippen molar-refractivity contribution in [3.05, 3.63) is 29.7 Å². The van der Waals surface area contributed by atoms with Crippen LogP contribution < -0.4 is 5.73 Å². The number of hydrogen-bond acceptors (Lipinski definition) is 2. The Labute approximate surface area is 78.4 Å². The molecule has 0 aliphatic rings. The smallest absolute Gasteiger partial charge is 0.165 e. The number of alkyl halides is 1. The second-order valence-corrected chi connectivity index (χ2v) is 2.84. The molecule has 0 spiro atoms. The number of nitrogens with zero attached hydrogens (tertiary/aromatic N) is 1. The van der Waals surface area contributed by atoms with E-state index in [0.29, 0.717) is 5.56 Å². The second-order valence-electron chi connectivity index (χ2n) is 2.19. The van der Waals surface area contributed by atoms with Crippen LogP contribution >= 0.6 is 15.9 Å². The molecular weight excluding hydrogens is 223 g/mol. The summed E-state index contributed by atoms with van der Waals surface area (Å²) >= 11 is 3.21. The Hall–Kier alpha value is -0.900. The fraction of sp³-hybridized carbons (Fsp3) is 0.125. The highest BCUT2D eigenvalue weighted by Gasteiger charge is 1.97. The Balaban J connectivity index is 2.89. The van der Waals surface area contributed by atoms with E-state index in [9.17, 15) is 4.39 Å². The van der Waals surface area contributed by atoms with E-state index in [0.717, 1.165) is 5.33 Å². The average Bonchev–Trinajstić information content (AvgIpc) is 2.07. The van der Waals surface area contributed by atoms with Gasteiger partial charge in [0.05, 0.1) is 0 Å². The Kier molecular flexibility index (Phi) is 3.22. The molecule has 0 aliphatic carbocycles. The molecule has 0 amide bonds. The molecule has 0 fully saturated rings. The largest absolute Gasteiger partial charge is 0.381 e. The van der Waals surface area contributed by atoms with Gasteiger partial charge in [-0.2, -0.15) is 0 Å². The Morgan fingerprint density at radius 2 is 2.42 bits per heavy atom. The summed E-state index contributed by atoms with van der Waals surface area (Å²) < 4.78 is 12.8. The number of hydrogen-bond donors (Lipinski definition) is 1. The minimum Gasteiger partial charge on any atom is -0.381 e. The molecule has 0 aliphatic heterocycles. The topological polar surface area (TPSA) is 38.9 Å². The summed E-state index contributed by atoms with van der Waals surface area (Å²) in [5.74, 6) is -0.544. The fourth-order valence-electron chi connectivity index (χ4n) is 0.735. The van der Waals surface area contributed by atoms with Crippen molar-refractivity contribution >= 4 is 27.8 Å². The minimum atomic E-state index is -0.480.